The van der Waals surface area contributed by atoms with Crippen LogP contribution in [0.4, 0.5) is 5.82 Å². The van der Waals surface area contributed by atoms with Gasteiger partial charge in [0.25, 0.3) is 5.91 Å². The normalized spacial score (nSPS) is 15.0. The van der Waals surface area contributed by atoms with Gasteiger partial charge in [0.2, 0.25) is 10.0 Å². The number of aryl methyl sites for hydroxylation is 1. The molecule has 0 unspecified atom stereocenters. The molecule has 9 heteroatoms. The van der Waals surface area contributed by atoms with Crippen LogP contribution < -0.4 is 10.9 Å². The molecule has 1 saturated heterocycles. The van der Waals surface area contributed by atoms with Gasteiger partial charge in [-0.3, -0.25) is 4.79 Å². The number of pyridine rings is 1. The summed E-state index contributed by atoms with van der Waals surface area (Å²) in [6.07, 6.45) is 2.75. The molecule has 1 N–H and O–H groups in total. The molecule has 3 heterocycles. The largest absolute Gasteiger partial charge is 0.422 e. The average Bonchev–Trinajstić information content (AvgIpc) is 2.84. The predicted octanol–water partition coefficient (Wildman–Crippen LogP) is 4.08. The number of sulfonamides is 1. The van der Waals surface area contributed by atoms with E-state index < -0.39 is 21.6 Å². The minimum atomic E-state index is -3.57. The molecule has 1 amide bonds. The lowest BCUT2D eigenvalue weighted by Crippen LogP contribution is -2.35. The molecule has 0 saturated carbocycles. The minimum absolute atomic E-state index is 0.170. The number of fused-ring (bicyclic) bond motifs is 3. The molecule has 2 aromatic carbocycles. The van der Waals surface area contributed by atoms with E-state index in [4.69, 9.17) is 4.42 Å². The lowest BCUT2D eigenvalue weighted by Gasteiger charge is -2.25. The smallest absolute Gasteiger partial charge is 0.346 e. The molecule has 5 rings (SSSR count). The van der Waals surface area contributed by atoms with E-state index in [1.807, 2.05) is 6.07 Å². The third-order valence-electron chi connectivity index (χ3n) is 6.08. The molecule has 1 aliphatic rings. The Labute approximate surface area is 196 Å². The standard InChI is InChI=1S/C25H23N3O5S/c1-16-15-21(26-23-19-7-3-4-8-20(19)33-25(30)22(16)23)27-24(29)17-9-11-18(12-10-17)34(31,32)28-13-5-2-6-14-28/h3-4,7-12,15H,2,5-6,13-14H2,1H3,(H,26,27,29). The Bertz CT molecular complexity index is 1570. The maximum atomic E-state index is 12.9. The highest BCUT2D eigenvalue weighted by Gasteiger charge is 2.26. The summed E-state index contributed by atoms with van der Waals surface area (Å²) in [5.41, 5.74) is 1.31. The van der Waals surface area contributed by atoms with E-state index in [1.54, 1.807) is 31.2 Å². The summed E-state index contributed by atoms with van der Waals surface area (Å²) in [4.78, 5) is 30.0. The van der Waals surface area contributed by atoms with E-state index in [2.05, 4.69) is 10.3 Å². The van der Waals surface area contributed by atoms with Crippen molar-refractivity contribution in [2.75, 3.05) is 18.4 Å². The first-order valence-corrected chi connectivity index (χ1v) is 12.5. The molecule has 1 fully saturated rings. The van der Waals surface area contributed by atoms with Gasteiger partial charge >= 0.3 is 5.63 Å². The zero-order valence-corrected chi connectivity index (χ0v) is 19.4. The maximum Gasteiger partial charge on any atom is 0.346 e. The molecule has 1 aliphatic heterocycles. The summed E-state index contributed by atoms with van der Waals surface area (Å²) in [6, 6.07) is 14.6. The number of amides is 1. The van der Waals surface area contributed by atoms with Crippen molar-refractivity contribution < 1.29 is 17.6 Å². The van der Waals surface area contributed by atoms with Crippen LogP contribution in [0.3, 0.4) is 0 Å². The van der Waals surface area contributed by atoms with Crippen LogP contribution in [0.15, 0.2) is 68.7 Å². The molecular weight excluding hydrogens is 454 g/mol. The number of anilines is 1. The van der Waals surface area contributed by atoms with Crippen LogP contribution in [-0.2, 0) is 10.0 Å². The van der Waals surface area contributed by atoms with Crippen molar-refractivity contribution in [2.24, 2.45) is 0 Å². The van der Waals surface area contributed by atoms with Gasteiger partial charge in [-0.1, -0.05) is 18.6 Å². The van der Waals surface area contributed by atoms with Crippen LogP contribution >= 0.6 is 0 Å². The van der Waals surface area contributed by atoms with Crippen molar-refractivity contribution in [1.29, 1.82) is 0 Å². The Morgan fingerprint density at radius 3 is 2.47 bits per heavy atom. The number of hydrogen-bond acceptors (Lipinski definition) is 6. The molecule has 2 aromatic heterocycles. The van der Waals surface area contributed by atoms with Crippen molar-refractivity contribution in [2.45, 2.75) is 31.1 Å². The molecule has 34 heavy (non-hydrogen) atoms. The van der Waals surface area contributed by atoms with E-state index >= 15 is 0 Å². The van der Waals surface area contributed by atoms with Crippen LogP contribution in [0, 0.1) is 6.92 Å². The van der Waals surface area contributed by atoms with E-state index in [0.29, 0.717) is 46.1 Å². The van der Waals surface area contributed by atoms with Crippen molar-refractivity contribution >= 4 is 43.6 Å². The number of hydrogen-bond donors (Lipinski definition) is 1. The monoisotopic (exact) mass is 477 g/mol. The molecule has 0 radical (unpaired) electrons. The fourth-order valence-electron chi connectivity index (χ4n) is 4.31. The molecule has 174 valence electrons. The summed E-state index contributed by atoms with van der Waals surface area (Å²) in [6.45, 7) is 2.79. The van der Waals surface area contributed by atoms with Crippen LogP contribution in [-0.4, -0.2) is 36.7 Å². The number of nitrogens with zero attached hydrogens (tertiary/aromatic N) is 2. The van der Waals surface area contributed by atoms with Crippen LogP contribution in [0.25, 0.3) is 21.9 Å². The number of carbonyl (C=O) groups is 1. The minimum Gasteiger partial charge on any atom is -0.422 e. The topological polar surface area (TPSA) is 110 Å². The number of nitrogens with one attached hydrogen (secondary N) is 1. The fraction of sp³-hybridized carbons (Fsp3) is 0.240. The summed E-state index contributed by atoms with van der Waals surface area (Å²) in [5.74, 6) is -0.142. The molecule has 0 atom stereocenters. The third kappa shape index (κ3) is 3.97. The van der Waals surface area contributed by atoms with Crippen LogP contribution in [0.5, 0.6) is 0 Å². The highest BCUT2D eigenvalue weighted by Crippen LogP contribution is 2.26. The quantitative estimate of drug-likeness (QED) is 0.350. The third-order valence-corrected chi connectivity index (χ3v) is 7.99. The fourth-order valence-corrected chi connectivity index (χ4v) is 5.83. The Kier molecular flexibility index (Phi) is 5.66. The van der Waals surface area contributed by atoms with Crippen molar-refractivity contribution in [3.63, 3.8) is 0 Å². The van der Waals surface area contributed by atoms with Gasteiger partial charge in [0.1, 0.15) is 11.4 Å². The SMILES string of the molecule is Cc1cc(NC(=O)c2ccc(S(=O)(=O)N3CCCCC3)cc2)nc2c1c(=O)oc1ccccc12. The number of carbonyl (C=O) groups excluding carboxylic acids is 1. The zero-order valence-electron chi connectivity index (χ0n) is 18.6. The summed E-state index contributed by atoms with van der Waals surface area (Å²) in [7, 11) is -3.57. The Morgan fingerprint density at radius 1 is 1.03 bits per heavy atom. The number of benzene rings is 2. The van der Waals surface area contributed by atoms with E-state index in [1.165, 1.54) is 28.6 Å². The number of para-hydroxylation sites is 1. The van der Waals surface area contributed by atoms with Gasteiger partial charge < -0.3 is 9.73 Å². The number of aromatic nitrogens is 1. The van der Waals surface area contributed by atoms with Gasteiger partial charge in [0.05, 0.1) is 15.8 Å². The number of rotatable bonds is 4. The molecule has 8 nitrogen and oxygen atoms in total. The summed E-state index contributed by atoms with van der Waals surface area (Å²) < 4.78 is 32.6. The molecule has 0 aliphatic carbocycles. The van der Waals surface area contributed by atoms with Crippen molar-refractivity contribution in [3.05, 3.63) is 76.1 Å². The highest BCUT2D eigenvalue weighted by atomic mass is 32.2. The first kappa shape index (κ1) is 22.2. The maximum absolute atomic E-state index is 12.9. The molecule has 0 bridgehead atoms. The molecular formula is C25H23N3O5S. The Morgan fingerprint density at radius 2 is 1.74 bits per heavy atom. The average molecular weight is 478 g/mol. The Balaban J connectivity index is 1.44. The Hall–Kier alpha value is -3.56. The first-order chi connectivity index (χ1) is 16.3. The first-order valence-electron chi connectivity index (χ1n) is 11.1. The zero-order chi connectivity index (χ0) is 23.9. The molecule has 0 spiro atoms. The van der Waals surface area contributed by atoms with E-state index in [0.717, 1.165) is 19.3 Å². The van der Waals surface area contributed by atoms with Gasteiger partial charge in [-0.15, -0.1) is 0 Å². The van der Waals surface area contributed by atoms with Crippen molar-refractivity contribution in [3.8, 4) is 0 Å². The van der Waals surface area contributed by atoms with Gasteiger partial charge in [0, 0.05) is 24.0 Å². The second-order valence-corrected chi connectivity index (χ2v) is 10.3. The number of piperidine rings is 1. The van der Waals surface area contributed by atoms with E-state index in [-0.39, 0.29) is 10.7 Å². The van der Waals surface area contributed by atoms with Crippen molar-refractivity contribution in [1.82, 2.24) is 9.29 Å². The summed E-state index contributed by atoms with van der Waals surface area (Å²) in [5, 5.41) is 3.79. The summed E-state index contributed by atoms with van der Waals surface area (Å²) >= 11 is 0. The lowest BCUT2D eigenvalue weighted by atomic mass is 10.1. The second kappa shape index (κ2) is 8.66. The van der Waals surface area contributed by atoms with E-state index in [9.17, 15) is 18.0 Å². The van der Waals surface area contributed by atoms with Gasteiger partial charge in [-0.25, -0.2) is 18.2 Å². The van der Waals surface area contributed by atoms with Gasteiger partial charge in [0.15, 0.2) is 0 Å². The van der Waals surface area contributed by atoms with Crippen LogP contribution in [0.2, 0.25) is 0 Å². The molecule has 4 aromatic rings. The van der Waals surface area contributed by atoms with Crippen LogP contribution in [0.1, 0.15) is 35.2 Å². The lowest BCUT2D eigenvalue weighted by molar-refractivity contribution is 0.102. The predicted molar refractivity (Wildman–Crippen MR) is 130 cm³/mol. The van der Waals surface area contributed by atoms with Gasteiger partial charge in [-0.2, -0.15) is 4.31 Å². The highest BCUT2D eigenvalue weighted by molar-refractivity contribution is 7.89. The van der Waals surface area contributed by atoms with Gasteiger partial charge in [-0.05, 0) is 67.8 Å². The second-order valence-electron chi connectivity index (χ2n) is 8.38.